The zero-order valence-electron chi connectivity index (χ0n) is 11.7. The van der Waals surface area contributed by atoms with E-state index >= 15 is 0 Å². The SMILES string of the molecule is O=C(NCCS(=O)(=O)N1CCOCC1)c1cc(Cl)ccc1I. The number of hydrogen-bond acceptors (Lipinski definition) is 4. The van der Waals surface area contributed by atoms with Gasteiger partial charge in [0.25, 0.3) is 5.91 Å². The Bertz CT molecular complexity index is 647. The molecule has 6 nitrogen and oxygen atoms in total. The fourth-order valence-corrected chi connectivity index (χ4v) is 4.09. The predicted molar refractivity (Wildman–Crippen MR) is 92.7 cm³/mol. The summed E-state index contributed by atoms with van der Waals surface area (Å²) in [5.74, 6) is -0.459. The number of rotatable bonds is 5. The van der Waals surface area contributed by atoms with Crippen molar-refractivity contribution in [3.05, 3.63) is 32.4 Å². The molecule has 122 valence electrons. The number of benzene rings is 1. The number of sulfonamides is 1. The number of hydrogen-bond donors (Lipinski definition) is 1. The minimum Gasteiger partial charge on any atom is -0.379 e. The van der Waals surface area contributed by atoms with Crippen LogP contribution in [0.3, 0.4) is 0 Å². The van der Waals surface area contributed by atoms with Crippen LogP contribution < -0.4 is 5.32 Å². The van der Waals surface area contributed by atoms with Gasteiger partial charge in [0.15, 0.2) is 0 Å². The van der Waals surface area contributed by atoms with Crippen LogP contribution in [-0.4, -0.2) is 57.2 Å². The van der Waals surface area contributed by atoms with Gasteiger partial charge < -0.3 is 10.1 Å². The minimum absolute atomic E-state index is 0.0567. The van der Waals surface area contributed by atoms with Crippen LogP contribution in [-0.2, 0) is 14.8 Å². The maximum atomic E-state index is 12.1. The van der Waals surface area contributed by atoms with Gasteiger partial charge in [-0.3, -0.25) is 4.79 Å². The van der Waals surface area contributed by atoms with Crippen molar-refractivity contribution in [2.45, 2.75) is 0 Å². The number of carbonyl (C=O) groups is 1. The summed E-state index contributed by atoms with van der Waals surface area (Å²) in [6, 6.07) is 5.00. The number of amides is 1. The lowest BCUT2D eigenvalue weighted by molar-refractivity contribution is 0.0730. The third-order valence-electron chi connectivity index (χ3n) is 3.18. The molecule has 1 N–H and O–H groups in total. The first-order valence-corrected chi connectivity index (χ1v) is 9.75. The minimum atomic E-state index is -3.37. The second-order valence-corrected chi connectivity index (χ2v) is 8.39. The second kappa shape index (κ2) is 7.91. The number of halogens is 2. The van der Waals surface area contributed by atoms with E-state index in [1.54, 1.807) is 18.2 Å². The Morgan fingerprint density at radius 1 is 1.36 bits per heavy atom. The van der Waals surface area contributed by atoms with Crippen molar-refractivity contribution in [3.63, 3.8) is 0 Å². The molecular formula is C13H16ClIN2O4S. The highest BCUT2D eigenvalue weighted by atomic mass is 127. The number of morpholine rings is 1. The quantitative estimate of drug-likeness (QED) is 0.676. The summed E-state index contributed by atoms with van der Waals surface area (Å²) in [4.78, 5) is 12.1. The molecule has 0 aromatic heterocycles. The maximum Gasteiger partial charge on any atom is 0.252 e. The van der Waals surface area contributed by atoms with Crippen LogP contribution in [0.15, 0.2) is 18.2 Å². The molecule has 1 aromatic carbocycles. The van der Waals surface area contributed by atoms with Crippen molar-refractivity contribution in [2.75, 3.05) is 38.6 Å². The molecule has 1 heterocycles. The molecule has 1 aliphatic rings. The van der Waals surface area contributed by atoms with E-state index < -0.39 is 10.0 Å². The van der Waals surface area contributed by atoms with Gasteiger partial charge in [0.2, 0.25) is 10.0 Å². The van der Waals surface area contributed by atoms with E-state index in [1.807, 2.05) is 22.6 Å². The molecule has 0 unspecified atom stereocenters. The monoisotopic (exact) mass is 458 g/mol. The summed E-state index contributed by atoms with van der Waals surface area (Å²) in [6.07, 6.45) is 0. The molecule has 0 aliphatic carbocycles. The fourth-order valence-electron chi connectivity index (χ4n) is 2.01. The number of nitrogens with zero attached hydrogens (tertiary/aromatic N) is 1. The molecule has 1 saturated heterocycles. The van der Waals surface area contributed by atoms with Gasteiger partial charge >= 0.3 is 0 Å². The Balaban J connectivity index is 1.90. The van der Waals surface area contributed by atoms with Crippen molar-refractivity contribution in [2.24, 2.45) is 0 Å². The summed E-state index contributed by atoms with van der Waals surface area (Å²) in [6.45, 7) is 1.60. The zero-order valence-corrected chi connectivity index (χ0v) is 15.4. The molecule has 1 aliphatic heterocycles. The molecule has 0 spiro atoms. The Morgan fingerprint density at radius 3 is 2.73 bits per heavy atom. The van der Waals surface area contributed by atoms with Crippen molar-refractivity contribution in [1.82, 2.24) is 9.62 Å². The van der Waals surface area contributed by atoms with Gasteiger partial charge in [-0.15, -0.1) is 0 Å². The lowest BCUT2D eigenvalue weighted by Crippen LogP contribution is -2.43. The summed E-state index contributed by atoms with van der Waals surface area (Å²) >= 11 is 7.91. The first-order chi connectivity index (χ1) is 10.4. The molecule has 22 heavy (non-hydrogen) atoms. The lowest BCUT2D eigenvalue weighted by atomic mass is 10.2. The van der Waals surface area contributed by atoms with Crippen LogP contribution in [0.4, 0.5) is 0 Å². The zero-order chi connectivity index (χ0) is 16.2. The maximum absolute atomic E-state index is 12.1. The Labute approximate surface area is 148 Å². The van der Waals surface area contributed by atoms with Crippen LogP contribution in [0.25, 0.3) is 0 Å². The van der Waals surface area contributed by atoms with E-state index in [0.717, 1.165) is 3.57 Å². The van der Waals surface area contributed by atoms with E-state index in [-0.39, 0.29) is 18.2 Å². The molecule has 1 amide bonds. The highest BCUT2D eigenvalue weighted by Gasteiger charge is 2.24. The van der Waals surface area contributed by atoms with Crippen LogP contribution in [0.2, 0.25) is 5.02 Å². The largest absolute Gasteiger partial charge is 0.379 e. The lowest BCUT2D eigenvalue weighted by Gasteiger charge is -2.26. The summed E-state index contributed by atoms with van der Waals surface area (Å²) in [5.41, 5.74) is 0.442. The van der Waals surface area contributed by atoms with Gasteiger partial charge in [-0.25, -0.2) is 8.42 Å². The van der Waals surface area contributed by atoms with Gasteiger partial charge in [-0.1, -0.05) is 11.6 Å². The highest BCUT2D eigenvalue weighted by molar-refractivity contribution is 14.1. The van der Waals surface area contributed by atoms with Crippen LogP contribution in [0, 0.1) is 3.57 Å². The van der Waals surface area contributed by atoms with E-state index in [0.29, 0.717) is 36.9 Å². The highest BCUT2D eigenvalue weighted by Crippen LogP contribution is 2.17. The number of ether oxygens (including phenoxy) is 1. The average Bonchev–Trinajstić information content (AvgIpc) is 2.50. The summed E-state index contributed by atoms with van der Waals surface area (Å²) in [7, 11) is -3.37. The van der Waals surface area contributed by atoms with Gasteiger partial charge in [-0.05, 0) is 40.8 Å². The first-order valence-electron chi connectivity index (χ1n) is 6.69. The second-order valence-electron chi connectivity index (χ2n) is 4.71. The number of nitrogens with one attached hydrogen (secondary N) is 1. The predicted octanol–water partition coefficient (Wildman–Crippen LogP) is 1.34. The summed E-state index contributed by atoms with van der Waals surface area (Å²) < 4.78 is 31.5. The van der Waals surface area contributed by atoms with Crippen LogP contribution in [0.1, 0.15) is 10.4 Å². The molecule has 1 fully saturated rings. The Kier molecular flexibility index (Phi) is 6.45. The Hall–Kier alpha value is -0.420. The van der Waals surface area contributed by atoms with Gasteiger partial charge in [0.1, 0.15) is 0 Å². The molecule has 0 atom stereocenters. The standard InChI is InChI=1S/C13H16ClIN2O4S/c14-10-1-2-12(15)11(9-10)13(18)16-3-8-22(19,20)17-4-6-21-7-5-17/h1-2,9H,3-8H2,(H,16,18). The third-order valence-corrected chi connectivity index (χ3v) is 6.23. The van der Waals surface area contributed by atoms with E-state index in [1.165, 1.54) is 4.31 Å². The molecule has 1 aromatic rings. The number of carbonyl (C=O) groups excluding carboxylic acids is 1. The van der Waals surface area contributed by atoms with Crippen LogP contribution >= 0.6 is 34.2 Å². The summed E-state index contributed by atoms with van der Waals surface area (Å²) in [5, 5.41) is 3.09. The normalized spacial score (nSPS) is 16.5. The van der Waals surface area contributed by atoms with E-state index in [4.69, 9.17) is 16.3 Å². The van der Waals surface area contributed by atoms with Gasteiger partial charge in [-0.2, -0.15) is 4.31 Å². The van der Waals surface area contributed by atoms with Crippen LogP contribution in [0.5, 0.6) is 0 Å². The molecule has 0 radical (unpaired) electrons. The van der Waals surface area contributed by atoms with E-state index in [2.05, 4.69) is 5.32 Å². The average molecular weight is 459 g/mol. The third kappa shape index (κ3) is 4.79. The molecule has 0 saturated carbocycles. The molecule has 2 rings (SSSR count). The molecule has 9 heteroatoms. The molecular weight excluding hydrogens is 443 g/mol. The van der Waals surface area contributed by atoms with Gasteiger partial charge in [0, 0.05) is 28.2 Å². The first kappa shape index (κ1) is 17.9. The smallest absolute Gasteiger partial charge is 0.252 e. The van der Waals surface area contributed by atoms with Crippen molar-refractivity contribution < 1.29 is 17.9 Å². The van der Waals surface area contributed by atoms with Gasteiger partial charge in [0.05, 0.1) is 24.5 Å². The van der Waals surface area contributed by atoms with Crippen molar-refractivity contribution >= 4 is 50.1 Å². The van der Waals surface area contributed by atoms with Crippen molar-refractivity contribution in [3.8, 4) is 0 Å². The Morgan fingerprint density at radius 2 is 2.05 bits per heavy atom. The van der Waals surface area contributed by atoms with Crippen molar-refractivity contribution in [1.29, 1.82) is 0 Å². The molecule has 0 bridgehead atoms. The topological polar surface area (TPSA) is 75.7 Å². The van der Waals surface area contributed by atoms with E-state index in [9.17, 15) is 13.2 Å². The fraction of sp³-hybridized carbons (Fsp3) is 0.462.